The zero-order chi connectivity index (χ0) is 64.8. The van der Waals surface area contributed by atoms with E-state index in [9.17, 15) is 9.59 Å². The van der Waals surface area contributed by atoms with Crippen LogP contribution in [0.3, 0.4) is 0 Å². The lowest BCUT2D eigenvalue weighted by molar-refractivity contribution is -0.133. The summed E-state index contributed by atoms with van der Waals surface area (Å²) in [6.45, 7) is 23.8. The van der Waals surface area contributed by atoms with Crippen LogP contribution in [0.4, 0.5) is 45.5 Å². The quantitative estimate of drug-likeness (QED) is 0.0500. The second-order valence-corrected chi connectivity index (χ2v) is 25.2. The first-order valence-corrected chi connectivity index (χ1v) is 31.9. The van der Waals surface area contributed by atoms with Gasteiger partial charge in [-0.2, -0.15) is 0 Å². The van der Waals surface area contributed by atoms with E-state index >= 15 is 0 Å². The number of ether oxygens (including phenoxy) is 2. The number of likely N-dealkylation sites (N-methyl/N-ethyl adjacent to an activating group) is 2. The van der Waals surface area contributed by atoms with Crippen LogP contribution in [0.1, 0.15) is 104 Å². The number of nitrogens with one attached hydrogen (secondary N) is 2. The molecule has 12 rings (SSSR count). The molecule has 1 saturated heterocycles. The van der Waals surface area contributed by atoms with E-state index in [1.165, 1.54) is 56.0 Å². The number of carbonyl (C=O) groups excluding carboxylic acids is 2. The second-order valence-electron chi connectivity index (χ2n) is 25.2. The third-order valence-corrected chi connectivity index (χ3v) is 17.8. The number of piperazine rings is 1. The average Bonchev–Trinajstić information content (AvgIpc) is 1.63. The maximum Gasteiger partial charge on any atom is 0.223 e. The summed E-state index contributed by atoms with van der Waals surface area (Å²) < 4.78 is 9.19. The van der Waals surface area contributed by atoms with Crippen LogP contribution in [0.15, 0.2) is 186 Å². The van der Waals surface area contributed by atoms with Crippen LogP contribution in [-0.4, -0.2) is 101 Å². The van der Waals surface area contributed by atoms with E-state index < -0.39 is 0 Å². The standard InChI is InChI=1S/C42H54N4O2.C13H15N3.C10H10N2.C9H13NO.C2H6O/c1-7-45-35-19-11-9-17-33(35)41(3,4)37(45)24-22-31-15-13-16-32(40(31)44-28-26-43(27-29-44)39(48)21-14-30-47)23-25-38-42(5,6)34-18-10-12-20-36(34)46(38)8-2;1-13(2)15-10-5-3-4-8-9(14)6-7-11(16-13)12(8)10;11-9-5-6-10(12)8-4-2-1-3-7(8)9;1-11-7-6-8-2-4-9(10)5-3-8;1-3-2/h9-12,17-20,22-25,30,37H,7-8,13-16,21,26-29H2,1-6H3;3-7,15-16H,14H2,1-2H3;1-6H,11-12H2;2-5H,6-7,10H2,1H3;1-2H3/b24-22+,32-23+,38-25+;;;;. The highest BCUT2D eigenvalue weighted by Crippen LogP contribution is 2.49. The number of allylic oxidation sites excluding steroid dienone is 6. The van der Waals surface area contributed by atoms with Crippen molar-refractivity contribution in [1.29, 1.82) is 0 Å². The first-order valence-electron chi connectivity index (χ1n) is 31.9. The lowest BCUT2D eigenvalue weighted by Crippen LogP contribution is -2.48. The molecule has 14 nitrogen and oxygen atoms in total. The molecule has 0 saturated carbocycles. The Labute approximate surface area is 535 Å². The summed E-state index contributed by atoms with van der Waals surface area (Å²) >= 11 is 0. The molecule has 1 amide bonds. The molecule has 1 aliphatic carbocycles. The Morgan fingerprint density at radius 2 is 1.22 bits per heavy atom. The number of nitrogen functional groups attached to an aromatic ring is 4. The number of nitrogens with two attached hydrogens (primary N) is 4. The fraction of sp³-hybridized carbons (Fsp3) is 0.368. The lowest BCUT2D eigenvalue weighted by Gasteiger charge is -2.40. The zero-order valence-electron chi connectivity index (χ0n) is 55.2. The van der Waals surface area contributed by atoms with Gasteiger partial charge in [0.15, 0.2) is 0 Å². The number of rotatable bonds is 12. The highest BCUT2D eigenvalue weighted by molar-refractivity contribution is 6.10. The molecule has 1 unspecified atom stereocenters. The number of benzene rings is 7. The van der Waals surface area contributed by atoms with Crippen molar-refractivity contribution in [2.24, 2.45) is 0 Å². The van der Waals surface area contributed by atoms with Crippen LogP contribution in [0, 0.1) is 0 Å². The predicted molar refractivity (Wildman–Crippen MR) is 380 cm³/mol. The van der Waals surface area contributed by atoms with Gasteiger partial charge in [0.25, 0.3) is 0 Å². The zero-order valence-corrected chi connectivity index (χ0v) is 55.2. The third-order valence-electron chi connectivity index (χ3n) is 17.8. The number of fused-ring (bicyclic) bond motifs is 3. The van der Waals surface area contributed by atoms with E-state index in [4.69, 9.17) is 27.7 Å². The van der Waals surface area contributed by atoms with Crippen molar-refractivity contribution in [3.05, 3.63) is 203 Å². The van der Waals surface area contributed by atoms with Gasteiger partial charge in [-0.15, -0.1) is 0 Å². The van der Waals surface area contributed by atoms with Crippen molar-refractivity contribution in [2.75, 3.05) is 111 Å². The monoisotopic (exact) mass is 1210 g/mol. The van der Waals surface area contributed by atoms with Crippen LogP contribution in [0.2, 0.25) is 0 Å². The van der Waals surface area contributed by atoms with Crippen molar-refractivity contribution in [2.45, 2.75) is 116 Å². The highest BCUT2D eigenvalue weighted by Gasteiger charge is 2.43. The topological polar surface area (TPSA) is 194 Å². The number of methoxy groups -OCH3 is 2. The minimum absolute atomic E-state index is 0.00174. The van der Waals surface area contributed by atoms with E-state index in [0.29, 0.717) is 25.9 Å². The number of aldehydes is 1. The minimum atomic E-state index is -0.128. The van der Waals surface area contributed by atoms with Crippen LogP contribution >= 0.6 is 0 Å². The van der Waals surface area contributed by atoms with Crippen molar-refractivity contribution in [3.8, 4) is 0 Å². The number of anilines is 8. The molecule has 1 fully saturated rings. The molecular weight excluding hydrogens is 1120 g/mol. The molecular formula is C76H98N10O4. The third kappa shape index (κ3) is 15.3. The fourth-order valence-electron chi connectivity index (χ4n) is 13.3. The van der Waals surface area contributed by atoms with Gasteiger partial charge in [-0.25, -0.2) is 0 Å². The molecule has 7 aromatic rings. The molecule has 4 aliphatic heterocycles. The number of hydrogen-bond donors (Lipinski definition) is 6. The molecule has 7 aromatic carbocycles. The maximum absolute atomic E-state index is 12.8. The van der Waals surface area contributed by atoms with Gasteiger partial charge in [-0.1, -0.05) is 131 Å². The Kier molecular flexibility index (Phi) is 22.5. The van der Waals surface area contributed by atoms with E-state index in [1.54, 1.807) is 21.3 Å². The largest absolute Gasteiger partial charge is 0.399 e. The molecule has 0 bridgehead atoms. The predicted octanol–water partition coefficient (Wildman–Crippen LogP) is 14.6. The van der Waals surface area contributed by atoms with Crippen LogP contribution in [-0.2, 0) is 36.3 Å². The number of amides is 1. The summed E-state index contributed by atoms with van der Waals surface area (Å²) in [6.07, 6.45) is 15.3. The van der Waals surface area contributed by atoms with E-state index in [1.807, 2.05) is 83.8 Å². The molecule has 90 heavy (non-hydrogen) atoms. The van der Waals surface area contributed by atoms with E-state index in [2.05, 4.69) is 170 Å². The van der Waals surface area contributed by atoms with Gasteiger partial charge in [0, 0.05) is 163 Å². The molecule has 0 spiro atoms. The SMILES string of the molecule is CC1(C)Nc2cccc3c(N)ccc(c23)N1.CCN1/C(=C/C=C2\CCCC(/C=C/C3N(CC)c4ccccc4C3(C)C)=C2N2CCN(C(=O)CCC=O)CC2)C(C)(C)c2ccccc21.COC.COCCc1ccc(N)cc1.Nc1ccc(N)c2ccccc12. The number of carbonyl (C=O) groups is 2. The number of para-hydroxylation sites is 2. The Balaban J connectivity index is 0.000000198. The van der Waals surface area contributed by atoms with E-state index in [0.717, 1.165) is 115 Å². The van der Waals surface area contributed by atoms with Crippen LogP contribution < -0.4 is 43.4 Å². The van der Waals surface area contributed by atoms with Crippen molar-refractivity contribution < 1.29 is 19.1 Å². The molecule has 14 heteroatoms. The number of nitrogens with zero attached hydrogens (tertiary/aromatic N) is 4. The first kappa shape index (κ1) is 67.2. The van der Waals surface area contributed by atoms with Gasteiger partial charge >= 0.3 is 0 Å². The van der Waals surface area contributed by atoms with Crippen molar-refractivity contribution in [1.82, 2.24) is 9.80 Å². The first-order chi connectivity index (χ1) is 43.2. The molecule has 5 aliphatic rings. The Morgan fingerprint density at radius 1 is 0.644 bits per heavy atom. The Morgan fingerprint density at radius 3 is 1.84 bits per heavy atom. The molecule has 0 aromatic heterocycles. The smallest absolute Gasteiger partial charge is 0.223 e. The summed E-state index contributed by atoms with van der Waals surface area (Å²) in [4.78, 5) is 33.2. The van der Waals surface area contributed by atoms with Crippen molar-refractivity contribution in [3.63, 3.8) is 0 Å². The van der Waals surface area contributed by atoms with Crippen LogP contribution in [0.5, 0.6) is 0 Å². The Hall–Kier alpha value is -8.72. The Bertz CT molecular complexity index is 3670. The summed E-state index contributed by atoms with van der Waals surface area (Å²) in [6, 6.07) is 47.6. The summed E-state index contributed by atoms with van der Waals surface area (Å²) in [5.41, 5.74) is 40.5. The van der Waals surface area contributed by atoms with Gasteiger partial charge in [-0.3, -0.25) is 4.79 Å². The molecule has 1 atom stereocenters. The lowest BCUT2D eigenvalue weighted by atomic mass is 9.79. The summed E-state index contributed by atoms with van der Waals surface area (Å²) in [5, 5.41) is 11.3. The molecule has 0 radical (unpaired) electrons. The van der Waals surface area contributed by atoms with Gasteiger partial charge in [0.1, 0.15) is 11.9 Å². The minimum Gasteiger partial charge on any atom is -0.399 e. The summed E-state index contributed by atoms with van der Waals surface area (Å²) in [7, 11) is 4.96. The fourth-order valence-corrected chi connectivity index (χ4v) is 13.3. The van der Waals surface area contributed by atoms with Crippen LogP contribution in [0.25, 0.3) is 21.5 Å². The highest BCUT2D eigenvalue weighted by atomic mass is 16.5. The second kappa shape index (κ2) is 30.2. The molecule has 476 valence electrons. The van der Waals surface area contributed by atoms with E-state index in [-0.39, 0.29) is 28.4 Å². The van der Waals surface area contributed by atoms with Gasteiger partial charge in [0.05, 0.1) is 12.6 Å². The van der Waals surface area contributed by atoms with Gasteiger partial charge in [-0.05, 0) is 142 Å². The summed E-state index contributed by atoms with van der Waals surface area (Å²) in [5.74, 6) is 0.0883. The average molecular weight is 1220 g/mol. The van der Waals surface area contributed by atoms with Crippen molar-refractivity contribution >= 4 is 79.2 Å². The maximum atomic E-state index is 12.8. The number of hydrogen-bond acceptors (Lipinski definition) is 13. The molecule has 10 N–H and O–H groups in total. The normalized spacial score (nSPS) is 18.2. The molecule has 4 heterocycles. The van der Waals surface area contributed by atoms with Gasteiger partial charge < -0.3 is 67.4 Å². The van der Waals surface area contributed by atoms with Gasteiger partial charge in [0.2, 0.25) is 5.91 Å².